The van der Waals surface area contributed by atoms with Gasteiger partial charge in [-0.15, -0.1) is 6.42 Å². The van der Waals surface area contributed by atoms with Crippen LogP contribution in [-0.4, -0.2) is 0 Å². The van der Waals surface area contributed by atoms with Crippen molar-refractivity contribution in [3.05, 3.63) is 34.9 Å². The van der Waals surface area contributed by atoms with Gasteiger partial charge in [-0.3, -0.25) is 0 Å². The fourth-order valence-corrected chi connectivity index (χ4v) is 1.81. The van der Waals surface area contributed by atoms with Gasteiger partial charge in [0.25, 0.3) is 0 Å². The van der Waals surface area contributed by atoms with Crippen LogP contribution in [-0.2, 0) is 0 Å². The van der Waals surface area contributed by atoms with Crippen molar-refractivity contribution in [3.8, 4) is 12.3 Å². The summed E-state index contributed by atoms with van der Waals surface area (Å²) in [5.74, 6) is 3.93. The summed E-state index contributed by atoms with van der Waals surface area (Å²) in [5, 5.41) is 0. The van der Waals surface area contributed by atoms with Crippen LogP contribution in [0.25, 0.3) is 0 Å². The number of hydrogen-bond donors (Lipinski definition) is 0. The SMILES string of the molecule is C.C#CC1=C(C(C)C)C=CC=C(C(C)C)C1.CC.CC. The van der Waals surface area contributed by atoms with Crippen molar-refractivity contribution in [2.45, 2.75) is 69.2 Å². The molecule has 0 aromatic rings. The summed E-state index contributed by atoms with van der Waals surface area (Å²) in [4.78, 5) is 0. The average molecular weight is 277 g/mol. The molecule has 1 aliphatic carbocycles. The van der Waals surface area contributed by atoms with Crippen LogP contribution >= 0.6 is 0 Å². The van der Waals surface area contributed by atoms with Crippen molar-refractivity contribution >= 4 is 0 Å². The first-order valence-electron chi connectivity index (χ1n) is 7.63. The molecule has 0 nitrogen and oxygen atoms in total. The molecular weight excluding hydrogens is 240 g/mol. The highest BCUT2D eigenvalue weighted by Crippen LogP contribution is 2.27. The van der Waals surface area contributed by atoms with Gasteiger partial charge in [-0.25, -0.2) is 0 Å². The van der Waals surface area contributed by atoms with Gasteiger partial charge in [0.05, 0.1) is 0 Å². The third-order valence-electron chi connectivity index (χ3n) is 2.85. The van der Waals surface area contributed by atoms with E-state index in [4.69, 9.17) is 6.42 Å². The lowest BCUT2D eigenvalue weighted by atomic mass is 9.91. The zero-order valence-corrected chi connectivity index (χ0v) is 14.2. The van der Waals surface area contributed by atoms with E-state index in [1.807, 2.05) is 27.7 Å². The summed E-state index contributed by atoms with van der Waals surface area (Å²) >= 11 is 0. The lowest BCUT2D eigenvalue weighted by Gasteiger charge is -2.13. The fourth-order valence-electron chi connectivity index (χ4n) is 1.81. The second-order valence-electron chi connectivity index (χ2n) is 4.67. The number of rotatable bonds is 2. The van der Waals surface area contributed by atoms with Gasteiger partial charge in [0.15, 0.2) is 0 Å². The summed E-state index contributed by atoms with van der Waals surface area (Å²) in [5.41, 5.74) is 3.89. The monoisotopic (exact) mass is 276 g/mol. The Balaban J connectivity index is -0.000000529. The maximum absolute atomic E-state index is 5.59. The van der Waals surface area contributed by atoms with Gasteiger partial charge < -0.3 is 0 Å². The zero-order chi connectivity index (χ0) is 15.4. The Morgan fingerprint density at radius 1 is 1.00 bits per heavy atom. The molecule has 1 aliphatic rings. The van der Waals surface area contributed by atoms with Crippen LogP contribution in [0.1, 0.15) is 69.2 Å². The molecule has 0 heterocycles. The number of allylic oxidation sites excluding steroid dienone is 6. The van der Waals surface area contributed by atoms with Crippen molar-refractivity contribution in [2.75, 3.05) is 0 Å². The van der Waals surface area contributed by atoms with Crippen molar-refractivity contribution in [3.63, 3.8) is 0 Å². The fraction of sp³-hybridized carbons (Fsp3) is 0.600. The smallest absolute Gasteiger partial charge is 0.00928 e. The van der Waals surface area contributed by atoms with Crippen LogP contribution in [0.3, 0.4) is 0 Å². The second kappa shape index (κ2) is 14.2. The Hall–Kier alpha value is -1.22. The van der Waals surface area contributed by atoms with Gasteiger partial charge in [-0.1, -0.05) is 92.5 Å². The molecule has 0 unspecified atom stereocenters. The molecule has 116 valence electrons. The first-order chi connectivity index (χ1) is 9.06. The first kappa shape index (κ1) is 23.8. The minimum atomic E-state index is 0. The molecule has 0 amide bonds. The van der Waals surface area contributed by atoms with Gasteiger partial charge >= 0.3 is 0 Å². The molecule has 0 heteroatoms. The van der Waals surface area contributed by atoms with Crippen molar-refractivity contribution < 1.29 is 0 Å². The van der Waals surface area contributed by atoms with Gasteiger partial charge in [-0.05, 0) is 17.4 Å². The summed E-state index contributed by atoms with van der Waals surface area (Å²) in [6.45, 7) is 16.8. The Morgan fingerprint density at radius 3 is 1.85 bits per heavy atom. The van der Waals surface area contributed by atoms with E-state index in [0.717, 1.165) is 12.0 Å². The highest BCUT2D eigenvalue weighted by Gasteiger charge is 2.12. The molecule has 0 saturated heterocycles. The van der Waals surface area contributed by atoms with E-state index >= 15 is 0 Å². The molecule has 0 aromatic carbocycles. The summed E-state index contributed by atoms with van der Waals surface area (Å²) < 4.78 is 0. The van der Waals surface area contributed by atoms with E-state index in [9.17, 15) is 0 Å². The predicted octanol–water partition coefficient (Wildman–Crippen LogP) is 6.80. The molecule has 0 aliphatic heterocycles. The molecule has 0 N–H and O–H groups in total. The van der Waals surface area contributed by atoms with Crippen molar-refractivity contribution in [1.29, 1.82) is 0 Å². The lowest BCUT2D eigenvalue weighted by molar-refractivity contribution is 0.733. The minimum absolute atomic E-state index is 0. The van der Waals surface area contributed by atoms with Crippen LogP contribution in [0.2, 0.25) is 0 Å². The molecule has 0 radical (unpaired) electrons. The number of terminal acetylenes is 1. The largest absolute Gasteiger partial charge is 0.115 e. The van der Waals surface area contributed by atoms with E-state index in [1.165, 1.54) is 11.1 Å². The van der Waals surface area contributed by atoms with E-state index in [-0.39, 0.29) is 7.43 Å². The van der Waals surface area contributed by atoms with E-state index in [2.05, 4.69) is 51.8 Å². The maximum atomic E-state index is 5.59. The Bertz CT molecular complexity index is 354. The minimum Gasteiger partial charge on any atom is -0.115 e. The van der Waals surface area contributed by atoms with E-state index < -0.39 is 0 Å². The summed E-state index contributed by atoms with van der Waals surface area (Å²) in [7, 11) is 0. The van der Waals surface area contributed by atoms with E-state index in [1.54, 1.807) is 0 Å². The average Bonchev–Trinajstić information content (AvgIpc) is 2.65. The predicted molar refractivity (Wildman–Crippen MR) is 96.8 cm³/mol. The molecule has 0 aromatic heterocycles. The van der Waals surface area contributed by atoms with Crippen LogP contribution in [0.5, 0.6) is 0 Å². The molecular formula is C20H36. The van der Waals surface area contributed by atoms with Gasteiger partial charge in [0.1, 0.15) is 0 Å². The maximum Gasteiger partial charge on any atom is 0.00928 e. The topological polar surface area (TPSA) is 0 Å². The quantitative estimate of drug-likeness (QED) is 0.486. The normalized spacial score (nSPS) is 13.2. The zero-order valence-electron chi connectivity index (χ0n) is 14.2. The molecule has 0 bridgehead atoms. The van der Waals surface area contributed by atoms with Gasteiger partial charge in [0, 0.05) is 12.0 Å². The van der Waals surface area contributed by atoms with Crippen LogP contribution in [0, 0.1) is 24.2 Å². The Kier molecular flexibility index (Phi) is 16.9. The highest BCUT2D eigenvalue weighted by molar-refractivity contribution is 5.45. The van der Waals surface area contributed by atoms with Crippen LogP contribution in [0.15, 0.2) is 34.9 Å². The van der Waals surface area contributed by atoms with Gasteiger partial charge in [0.2, 0.25) is 0 Å². The molecule has 0 fully saturated rings. The standard InChI is InChI=1S/C15H20.2C2H6.CH4/c1-6-13-10-14(11(2)3)8-7-9-15(13)12(4)5;2*1-2;/h1,7-9,11-12H,10H2,2-5H3;2*1-2H3;1H4. The molecule has 1 rings (SSSR count). The highest BCUT2D eigenvalue weighted by atomic mass is 14.2. The molecule has 0 saturated carbocycles. The summed E-state index contributed by atoms with van der Waals surface area (Å²) in [6.07, 6.45) is 13.0. The molecule has 0 spiro atoms. The lowest BCUT2D eigenvalue weighted by Crippen LogP contribution is -1.99. The van der Waals surface area contributed by atoms with Crippen LogP contribution in [0.4, 0.5) is 0 Å². The van der Waals surface area contributed by atoms with Crippen molar-refractivity contribution in [1.82, 2.24) is 0 Å². The first-order valence-corrected chi connectivity index (χ1v) is 7.63. The molecule has 20 heavy (non-hydrogen) atoms. The summed E-state index contributed by atoms with van der Waals surface area (Å²) in [6, 6.07) is 0. The van der Waals surface area contributed by atoms with Crippen molar-refractivity contribution in [2.24, 2.45) is 11.8 Å². The molecule has 0 atom stereocenters. The van der Waals surface area contributed by atoms with Gasteiger partial charge in [-0.2, -0.15) is 0 Å². The van der Waals surface area contributed by atoms with E-state index in [0.29, 0.717) is 11.8 Å². The number of hydrogen-bond acceptors (Lipinski definition) is 0. The van der Waals surface area contributed by atoms with Crippen LogP contribution < -0.4 is 0 Å². The third-order valence-corrected chi connectivity index (χ3v) is 2.85. The second-order valence-corrected chi connectivity index (χ2v) is 4.67. The third kappa shape index (κ3) is 8.05. The Morgan fingerprint density at radius 2 is 1.50 bits per heavy atom. The Labute approximate surface area is 129 Å².